The molecule has 0 amide bonds. The van der Waals surface area contributed by atoms with Crippen molar-refractivity contribution in [2.75, 3.05) is 0 Å². The van der Waals surface area contributed by atoms with Gasteiger partial charge in [0.25, 0.3) is 0 Å². The van der Waals surface area contributed by atoms with Gasteiger partial charge in [-0.05, 0) is 95.1 Å². The van der Waals surface area contributed by atoms with E-state index in [4.69, 9.17) is 0 Å². The summed E-state index contributed by atoms with van der Waals surface area (Å²) in [6, 6.07) is 86.4. The second-order valence-corrected chi connectivity index (χ2v) is 16.5. The summed E-state index contributed by atoms with van der Waals surface area (Å²) in [4.78, 5) is 0. The smallest absolute Gasteiger partial charge is 0.0542 e. The fourth-order valence-corrected chi connectivity index (χ4v) is 10.3. The van der Waals surface area contributed by atoms with Crippen molar-refractivity contribution in [3.8, 4) is 50.4 Å². The molecule has 3 aromatic heterocycles. The molecule has 294 valence electrons. The van der Waals surface area contributed by atoms with Crippen LogP contribution in [0.2, 0.25) is 0 Å². The first kappa shape index (κ1) is 35.4. The summed E-state index contributed by atoms with van der Waals surface area (Å²) in [6.45, 7) is 0. The number of aromatic nitrogens is 3. The Bertz CT molecular complexity index is 3900. The molecule has 0 radical (unpaired) electrons. The molecular formula is C60H39N3. The van der Waals surface area contributed by atoms with Crippen molar-refractivity contribution in [2.45, 2.75) is 0 Å². The van der Waals surface area contributed by atoms with Crippen molar-refractivity contribution >= 4 is 65.4 Å². The molecule has 0 atom stereocenters. The first-order valence-electron chi connectivity index (χ1n) is 21.7. The molecule has 0 N–H and O–H groups in total. The van der Waals surface area contributed by atoms with Crippen LogP contribution >= 0.6 is 0 Å². The maximum absolute atomic E-state index is 2.44. The summed E-state index contributed by atoms with van der Waals surface area (Å²) in [6.07, 6.45) is 0. The van der Waals surface area contributed by atoms with Crippen LogP contribution < -0.4 is 0 Å². The zero-order chi connectivity index (χ0) is 41.4. The van der Waals surface area contributed by atoms with Crippen LogP contribution in [0, 0.1) is 0 Å². The Morgan fingerprint density at radius 3 is 1.05 bits per heavy atom. The lowest BCUT2D eigenvalue weighted by molar-refractivity contribution is 1.17. The van der Waals surface area contributed by atoms with E-state index in [1.807, 2.05) is 0 Å². The van der Waals surface area contributed by atoms with Crippen LogP contribution in [0.15, 0.2) is 237 Å². The Balaban J connectivity index is 0.966. The van der Waals surface area contributed by atoms with Gasteiger partial charge in [0.2, 0.25) is 0 Å². The average Bonchev–Trinajstić information content (AvgIpc) is 3.99. The minimum atomic E-state index is 1.14. The standard InChI is InChI=1S/C60H39N3/c1-3-17-40(18-4-1)45-21-7-12-26-53(45)62-56-29-15-10-24-48(56)51-38-43(32-35-59(51)62)42-31-34-58-50(37-42)47-23-9-14-28-55(47)61(58)44-33-36-60-52(39-44)49-25-11-16-30-57(49)63(60)54-27-13-8-22-46(54)41-19-5-2-6-20-41/h1-39H. The van der Waals surface area contributed by atoms with Crippen LogP contribution in [0.3, 0.4) is 0 Å². The number of hydrogen-bond donors (Lipinski definition) is 0. The van der Waals surface area contributed by atoms with E-state index in [9.17, 15) is 0 Å². The number of rotatable bonds is 6. The van der Waals surface area contributed by atoms with Crippen LogP contribution in [-0.2, 0) is 0 Å². The third kappa shape index (κ3) is 5.46. The van der Waals surface area contributed by atoms with Crippen molar-refractivity contribution in [1.82, 2.24) is 13.7 Å². The first-order valence-corrected chi connectivity index (χ1v) is 21.7. The SMILES string of the molecule is c1ccc(-c2ccccc2-n2c3ccccc3c3cc(-c4ccc5c(c4)c4ccccc4n5-c4ccc5c(c4)c4ccccc4n5-c4ccccc4-c4ccccc4)ccc32)cc1. The summed E-state index contributed by atoms with van der Waals surface area (Å²) in [5.74, 6) is 0. The van der Waals surface area contributed by atoms with Gasteiger partial charge in [-0.25, -0.2) is 0 Å². The van der Waals surface area contributed by atoms with Gasteiger partial charge in [0.05, 0.1) is 44.5 Å². The number of nitrogens with zero attached hydrogens (tertiary/aromatic N) is 3. The summed E-state index contributed by atoms with van der Waals surface area (Å²) in [7, 11) is 0. The molecule has 0 aliphatic heterocycles. The molecule has 0 bridgehead atoms. The highest BCUT2D eigenvalue weighted by Gasteiger charge is 2.20. The minimum Gasteiger partial charge on any atom is -0.309 e. The molecule has 13 aromatic rings. The Morgan fingerprint density at radius 2 is 0.556 bits per heavy atom. The summed E-state index contributed by atoms with van der Waals surface area (Å²) >= 11 is 0. The number of benzene rings is 10. The highest BCUT2D eigenvalue weighted by molar-refractivity contribution is 6.14. The molecule has 0 spiro atoms. The fourth-order valence-electron chi connectivity index (χ4n) is 10.3. The van der Waals surface area contributed by atoms with Crippen LogP contribution in [-0.4, -0.2) is 13.7 Å². The molecule has 10 aromatic carbocycles. The monoisotopic (exact) mass is 801 g/mol. The number of hydrogen-bond acceptors (Lipinski definition) is 0. The molecule has 0 aliphatic rings. The Hall–Kier alpha value is -8.40. The molecule has 0 fully saturated rings. The predicted octanol–water partition coefficient (Wildman–Crippen LogP) is 16.0. The molecule has 63 heavy (non-hydrogen) atoms. The van der Waals surface area contributed by atoms with Crippen LogP contribution in [0.5, 0.6) is 0 Å². The normalized spacial score (nSPS) is 11.8. The maximum Gasteiger partial charge on any atom is 0.0542 e. The Kier molecular flexibility index (Phi) is 7.91. The highest BCUT2D eigenvalue weighted by Crippen LogP contribution is 2.42. The van der Waals surface area contributed by atoms with E-state index in [0.717, 1.165) is 5.69 Å². The third-order valence-corrected chi connectivity index (χ3v) is 13.1. The van der Waals surface area contributed by atoms with Crippen LogP contribution in [0.25, 0.3) is 116 Å². The van der Waals surface area contributed by atoms with E-state index >= 15 is 0 Å². The van der Waals surface area contributed by atoms with Crippen molar-refractivity contribution in [1.29, 1.82) is 0 Å². The number of fused-ring (bicyclic) bond motifs is 9. The van der Waals surface area contributed by atoms with E-state index in [2.05, 4.69) is 250 Å². The molecule has 0 saturated carbocycles. The lowest BCUT2D eigenvalue weighted by Gasteiger charge is -2.14. The van der Waals surface area contributed by atoms with Crippen molar-refractivity contribution < 1.29 is 0 Å². The Labute approximate surface area is 364 Å². The third-order valence-electron chi connectivity index (χ3n) is 13.1. The van der Waals surface area contributed by atoms with Gasteiger partial charge in [0.15, 0.2) is 0 Å². The van der Waals surface area contributed by atoms with Gasteiger partial charge in [-0.1, -0.05) is 164 Å². The fraction of sp³-hybridized carbons (Fsp3) is 0. The maximum atomic E-state index is 2.44. The second kappa shape index (κ2) is 14.1. The van der Waals surface area contributed by atoms with Crippen LogP contribution in [0.4, 0.5) is 0 Å². The van der Waals surface area contributed by atoms with Gasteiger partial charge in [0, 0.05) is 49.1 Å². The topological polar surface area (TPSA) is 14.8 Å². The van der Waals surface area contributed by atoms with E-state index in [-0.39, 0.29) is 0 Å². The zero-order valence-electron chi connectivity index (χ0n) is 34.4. The largest absolute Gasteiger partial charge is 0.309 e. The predicted molar refractivity (Wildman–Crippen MR) is 266 cm³/mol. The van der Waals surface area contributed by atoms with Gasteiger partial charge in [-0.2, -0.15) is 0 Å². The van der Waals surface area contributed by atoms with Gasteiger partial charge in [-0.15, -0.1) is 0 Å². The zero-order valence-corrected chi connectivity index (χ0v) is 34.4. The quantitative estimate of drug-likeness (QED) is 0.159. The Morgan fingerprint density at radius 1 is 0.206 bits per heavy atom. The summed E-state index contributed by atoms with van der Waals surface area (Å²) in [5.41, 5.74) is 17.9. The first-order chi connectivity index (χ1) is 31.3. The lowest BCUT2D eigenvalue weighted by Crippen LogP contribution is -1.98. The van der Waals surface area contributed by atoms with Crippen molar-refractivity contribution in [2.24, 2.45) is 0 Å². The van der Waals surface area contributed by atoms with Gasteiger partial charge >= 0.3 is 0 Å². The molecule has 0 unspecified atom stereocenters. The van der Waals surface area contributed by atoms with E-state index in [0.29, 0.717) is 0 Å². The summed E-state index contributed by atoms with van der Waals surface area (Å²) in [5, 5.41) is 7.43. The molecule has 0 aliphatic carbocycles. The van der Waals surface area contributed by atoms with Crippen molar-refractivity contribution in [3.05, 3.63) is 237 Å². The molecule has 3 heteroatoms. The average molecular weight is 802 g/mol. The molecule has 3 nitrogen and oxygen atoms in total. The van der Waals surface area contributed by atoms with Crippen molar-refractivity contribution in [3.63, 3.8) is 0 Å². The minimum absolute atomic E-state index is 1.14. The second-order valence-electron chi connectivity index (χ2n) is 16.5. The molecule has 3 heterocycles. The van der Waals surface area contributed by atoms with Gasteiger partial charge < -0.3 is 13.7 Å². The molecular weight excluding hydrogens is 763 g/mol. The number of para-hydroxylation sites is 5. The van der Waals surface area contributed by atoms with Gasteiger partial charge in [0.1, 0.15) is 0 Å². The van der Waals surface area contributed by atoms with E-state index in [1.54, 1.807) is 0 Å². The van der Waals surface area contributed by atoms with Gasteiger partial charge in [-0.3, -0.25) is 0 Å². The molecule has 13 rings (SSSR count). The van der Waals surface area contributed by atoms with Crippen LogP contribution in [0.1, 0.15) is 0 Å². The summed E-state index contributed by atoms with van der Waals surface area (Å²) < 4.78 is 7.31. The van der Waals surface area contributed by atoms with E-state index < -0.39 is 0 Å². The molecule has 0 saturated heterocycles. The lowest BCUT2D eigenvalue weighted by atomic mass is 10.0. The highest BCUT2D eigenvalue weighted by atomic mass is 15.0. The van der Waals surface area contributed by atoms with E-state index in [1.165, 1.54) is 110 Å².